The molecule has 5 N–H and O–H groups in total. The van der Waals surface area contributed by atoms with E-state index in [4.69, 9.17) is 5.11 Å². The van der Waals surface area contributed by atoms with Crippen molar-refractivity contribution in [2.75, 3.05) is 13.6 Å². The van der Waals surface area contributed by atoms with Crippen molar-refractivity contribution in [3.05, 3.63) is 29.3 Å². The summed E-state index contributed by atoms with van der Waals surface area (Å²) < 4.78 is 0. The topological polar surface area (TPSA) is 110 Å². The molecule has 0 aliphatic rings. The summed E-state index contributed by atoms with van der Waals surface area (Å²) in [6.07, 6.45) is -2.11. The fourth-order valence-electron chi connectivity index (χ4n) is 1.58. The van der Waals surface area contributed by atoms with Crippen molar-refractivity contribution in [2.45, 2.75) is 18.6 Å². The third kappa shape index (κ3) is 3.43. The number of carboxylic acids is 1. The van der Waals surface area contributed by atoms with Crippen LogP contribution in [0.2, 0.25) is 0 Å². The maximum absolute atomic E-state index is 10.8. The molecule has 0 aromatic heterocycles. The van der Waals surface area contributed by atoms with Crippen LogP contribution in [0.4, 0.5) is 0 Å². The Morgan fingerprint density at radius 3 is 2.61 bits per heavy atom. The van der Waals surface area contributed by atoms with Crippen molar-refractivity contribution in [3.8, 4) is 5.75 Å². The average Bonchev–Trinajstić information content (AvgIpc) is 2.35. The molecule has 18 heavy (non-hydrogen) atoms. The first-order chi connectivity index (χ1) is 8.47. The molecule has 0 saturated heterocycles. The number of aliphatic hydroxyl groups excluding tert-OH is 2. The standard InChI is InChI=1S/C12H17NO5/c1-13-5-4-10(15)11(16)8-6-7(12(17)18)2-3-9(8)14/h2-3,6,10-11,13-16H,4-5H2,1H3,(H,17,18). The second-order valence-corrected chi connectivity index (χ2v) is 3.98. The summed E-state index contributed by atoms with van der Waals surface area (Å²) in [5, 5.41) is 40.8. The van der Waals surface area contributed by atoms with Gasteiger partial charge in [0.1, 0.15) is 11.9 Å². The quantitative estimate of drug-likeness (QED) is 0.493. The molecule has 1 aromatic rings. The molecular weight excluding hydrogens is 238 g/mol. The highest BCUT2D eigenvalue weighted by Gasteiger charge is 2.22. The monoisotopic (exact) mass is 255 g/mol. The Kier molecular flexibility index (Phi) is 5.08. The zero-order valence-electron chi connectivity index (χ0n) is 10.00. The van der Waals surface area contributed by atoms with Crippen LogP contribution in [-0.2, 0) is 0 Å². The molecule has 2 atom stereocenters. The molecule has 0 spiro atoms. The van der Waals surface area contributed by atoms with E-state index in [9.17, 15) is 20.1 Å². The van der Waals surface area contributed by atoms with Crippen LogP contribution in [0.5, 0.6) is 5.75 Å². The Morgan fingerprint density at radius 1 is 1.39 bits per heavy atom. The second kappa shape index (κ2) is 6.34. The van der Waals surface area contributed by atoms with Crippen molar-refractivity contribution in [1.29, 1.82) is 0 Å². The van der Waals surface area contributed by atoms with Gasteiger partial charge in [-0.1, -0.05) is 0 Å². The molecule has 1 aromatic carbocycles. The highest BCUT2D eigenvalue weighted by molar-refractivity contribution is 5.88. The molecule has 0 aliphatic carbocycles. The first-order valence-electron chi connectivity index (χ1n) is 5.54. The Morgan fingerprint density at radius 2 is 2.06 bits per heavy atom. The molecule has 0 fully saturated rings. The fraction of sp³-hybridized carbons (Fsp3) is 0.417. The van der Waals surface area contributed by atoms with Gasteiger partial charge in [-0.05, 0) is 38.2 Å². The number of phenols is 1. The van der Waals surface area contributed by atoms with Gasteiger partial charge >= 0.3 is 5.97 Å². The molecular formula is C12H17NO5. The predicted molar refractivity (Wildman–Crippen MR) is 64.6 cm³/mol. The van der Waals surface area contributed by atoms with E-state index < -0.39 is 18.2 Å². The summed E-state index contributed by atoms with van der Waals surface area (Å²) in [7, 11) is 1.71. The van der Waals surface area contributed by atoms with Crippen molar-refractivity contribution in [1.82, 2.24) is 5.32 Å². The maximum Gasteiger partial charge on any atom is 0.335 e. The van der Waals surface area contributed by atoms with Gasteiger partial charge in [-0.2, -0.15) is 0 Å². The lowest BCUT2D eigenvalue weighted by Gasteiger charge is -2.19. The summed E-state index contributed by atoms with van der Waals surface area (Å²) in [5.74, 6) is -1.40. The molecule has 0 saturated carbocycles. The third-order valence-electron chi connectivity index (χ3n) is 2.65. The number of aromatic carboxylic acids is 1. The number of aromatic hydroxyl groups is 1. The van der Waals surface area contributed by atoms with Crippen LogP contribution < -0.4 is 5.32 Å². The Hall–Kier alpha value is -1.63. The van der Waals surface area contributed by atoms with Gasteiger partial charge in [0.25, 0.3) is 0 Å². The lowest BCUT2D eigenvalue weighted by Crippen LogP contribution is -2.23. The summed E-state index contributed by atoms with van der Waals surface area (Å²) in [6.45, 7) is 0.498. The summed E-state index contributed by atoms with van der Waals surface area (Å²) >= 11 is 0. The molecule has 0 heterocycles. The van der Waals surface area contributed by atoms with Crippen LogP contribution in [0.3, 0.4) is 0 Å². The maximum atomic E-state index is 10.8. The minimum Gasteiger partial charge on any atom is -0.508 e. The average molecular weight is 255 g/mol. The number of carboxylic acid groups (broad SMARTS) is 1. The molecule has 100 valence electrons. The van der Waals surface area contributed by atoms with Crippen LogP contribution in [0.15, 0.2) is 18.2 Å². The first-order valence-corrected chi connectivity index (χ1v) is 5.54. The third-order valence-corrected chi connectivity index (χ3v) is 2.65. The van der Waals surface area contributed by atoms with Gasteiger partial charge in [0, 0.05) is 5.56 Å². The summed E-state index contributed by atoms with van der Waals surface area (Å²) in [5.41, 5.74) is -0.0406. The molecule has 0 radical (unpaired) electrons. The van der Waals surface area contributed by atoms with E-state index >= 15 is 0 Å². The van der Waals surface area contributed by atoms with Gasteiger partial charge in [-0.15, -0.1) is 0 Å². The highest BCUT2D eigenvalue weighted by Crippen LogP contribution is 2.28. The van der Waals surface area contributed by atoms with Crippen LogP contribution in [0.25, 0.3) is 0 Å². The van der Waals surface area contributed by atoms with Crippen LogP contribution in [0.1, 0.15) is 28.4 Å². The number of hydrogen-bond acceptors (Lipinski definition) is 5. The molecule has 0 bridgehead atoms. The Bertz CT molecular complexity index is 421. The van der Waals surface area contributed by atoms with E-state index in [2.05, 4.69) is 5.32 Å². The highest BCUT2D eigenvalue weighted by atomic mass is 16.4. The molecule has 0 amide bonds. The first kappa shape index (κ1) is 14.4. The summed E-state index contributed by atoms with van der Waals surface area (Å²) in [6, 6.07) is 3.57. The van der Waals surface area contributed by atoms with Crippen molar-refractivity contribution >= 4 is 5.97 Å². The predicted octanol–water partition coefficient (Wildman–Crippen LogP) is 0.0942. The van der Waals surface area contributed by atoms with E-state index in [1.807, 2.05) is 0 Å². The number of carbonyl (C=O) groups is 1. The minimum absolute atomic E-state index is 0.0125. The van der Waals surface area contributed by atoms with Crippen molar-refractivity contribution in [3.63, 3.8) is 0 Å². The number of aliphatic hydroxyl groups is 2. The van der Waals surface area contributed by atoms with Gasteiger partial charge in [0.05, 0.1) is 11.7 Å². The lowest BCUT2D eigenvalue weighted by atomic mass is 9.99. The smallest absolute Gasteiger partial charge is 0.335 e. The Balaban J connectivity index is 2.93. The largest absolute Gasteiger partial charge is 0.508 e. The van der Waals surface area contributed by atoms with E-state index in [1.54, 1.807) is 7.05 Å². The number of nitrogens with one attached hydrogen (secondary N) is 1. The van der Waals surface area contributed by atoms with Crippen LogP contribution in [-0.4, -0.2) is 46.1 Å². The second-order valence-electron chi connectivity index (χ2n) is 3.98. The van der Waals surface area contributed by atoms with Gasteiger partial charge in [-0.3, -0.25) is 0 Å². The van der Waals surface area contributed by atoms with Gasteiger partial charge in [0.15, 0.2) is 0 Å². The molecule has 0 aliphatic heterocycles. The van der Waals surface area contributed by atoms with Crippen molar-refractivity contribution in [2.24, 2.45) is 0 Å². The number of phenolic OH excluding ortho intramolecular Hbond substituents is 1. The Labute approximate surface area is 105 Å². The van der Waals surface area contributed by atoms with Gasteiger partial charge < -0.3 is 25.7 Å². The van der Waals surface area contributed by atoms with E-state index in [-0.39, 0.29) is 23.3 Å². The zero-order valence-corrected chi connectivity index (χ0v) is 10.00. The SMILES string of the molecule is CNCCC(O)C(O)c1cc(C(=O)O)ccc1O. The van der Waals surface area contributed by atoms with Crippen LogP contribution >= 0.6 is 0 Å². The lowest BCUT2D eigenvalue weighted by molar-refractivity contribution is 0.0127. The zero-order chi connectivity index (χ0) is 13.7. The van der Waals surface area contributed by atoms with Gasteiger partial charge in [0.2, 0.25) is 0 Å². The normalized spacial score (nSPS) is 14.2. The molecule has 1 rings (SSSR count). The van der Waals surface area contributed by atoms with Crippen molar-refractivity contribution < 1.29 is 25.2 Å². The number of hydrogen-bond donors (Lipinski definition) is 5. The van der Waals surface area contributed by atoms with Gasteiger partial charge in [-0.25, -0.2) is 4.79 Å². The van der Waals surface area contributed by atoms with E-state index in [0.29, 0.717) is 6.54 Å². The summed E-state index contributed by atoms with van der Waals surface area (Å²) in [4.78, 5) is 10.8. The van der Waals surface area contributed by atoms with E-state index in [0.717, 1.165) is 6.07 Å². The van der Waals surface area contributed by atoms with E-state index in [1.165, 1.54) is 12.1 Å². The fourth-order valence-corrected chi connectivity index (χ4v) is 1.58. The molecule has 2 unspecified atom stereocenters. The minimum atomic E-state index is -1.32. The molecule has 6 heteroatoms. The van der Waals surface area contributed by atoms with Crippen LogP contribution in [0, 0.1) is 0 Å². The number of rotatable bonds is 6. The number of benzene rings is 1. The molecule has 6 nitrogen and oxygen atoms in total.